The Bertz CT molecular complexity index is 1470. The first-order valence-corrected chi connectivity index (χ1v) is 21.8. The molecule has 0 aliphatic rings. The summed E-state index contributed by atoms with van der Waals surface area (Å²) in [5.74, 6) is 0. The van der Waals surface area contributed by atoms with Crippen molar-refractivity contribution in [2.75, 3.05) is 40.1 Å². The molecule has 0 spiro atoms. The Labute approximate surface area is 307 Å². The van der Waals surface area contributed by atoms with E-state index in [0.29, 0.717) is 12.8 Å². The smallest absolute Gasteiger partial charge is 0.261 e. The molecule has 3 unspecified atom stereocenters. The molecule has 7 nitrogen and oxygen atoms in total. The molecular formula is C42H58O7Si2. The van der Waals surface area contributed by atoms with E-state index in [0.717, 1.165) is 20.7 Å². The molecule has 0 amide bonds. The zero-order valence-corrected chi connectivity index (χ0v) is 33.2. The van der Waals surface area contributed by atoms with Crippen molar-refractivity contribution in [2.24, 2.45) is 0 Å². The van der Waals surface area contributed by atoms with E-state index in [1.807, 2.05) is 97.1 Å². The highest BCUT2D eigenvalue weighted by Gasteiger charge is 2.51. The van der Waals surface area contributed by atoms with Gasteiger partial charge in [-0.05, 0) is 43.7 Å². The SMILES string of the molecule is COC(COCC(O)CCC(C)(C)[Si](O)(c1ccccc1)c1ccccc1)COCC(O)CO[Si](c1ccccc1)(c1ccccc1)C(C)(C)C. The van der Waals surface area contributed by atoms with E-state index in [-0.39, 0.29) is 44.2 Å². The van der Waals surface area contributed by atoms with Crippen LogP contribution in [0.1, 0.15) is 47.5 Å². The molecule has 0 radical (unpaired) electrons. The van der Waals surface area contributed by atoms with Crippen molar-refractivity contribution in [3.63, 3.8) is 0 Å². The molecule has 4 rings (SSSR count). The standard InChI is InChI=1S/C42H58O7Si2/c1-41(2,3)51(39-23-15-9-16-24-39,40-25-17-10-18-26-40)49-31-35(44)30-48-33-36(46-6)32-47-29-34(43)27-28-42(4,5)50(45,37-19-11-7-12-20-37)38-21-13-8-14-22-38/h7-26,34-36,43-45H,27-33H2,1-6H3. The van der Waals surface area contributed by atoms with Gasteiger partial charge in [-0.15, -0.1) is 0 Å². The maximum atomic E-state index is 12.4. The summed E-state index contributed by atoms with van der Waals surface area (Å²) >= 11 is 0. The van der Waals surface area contributed by atoms with E-state index >= 15 is 0 Å². The van der Waals surface area contributed by atoms with Crippen LogP contribution in [-0.2, 0) is 18.6 Å². The molecule has 0 bridgehead atoms. The van der Waals surface area contributed by atoms with Crippen LogP contribution in [0.4, 0.5) is 0 Å². The average molecular weight is 731 g/mol. The minimum atomic E-state index is -3.15. The fraction of sp³-hybridized carbons (Fsp3) is 0.429. The van der Waals surface area contributed by atoms with E-state index in [1.165, 1.54) is 0 Å². The number of aliphatic hydroxyl groups is 2. The van der Waals surface area contributed by atoms with Crippen molar-refractivity contribution in [3.8, 4) is 0 Å². The summed E-state index contributed by atoms with van der Waals surface area (Å²) in [5, 5.41) is 25.5. The minimum absolute atomic E-state index is 0.0887. The highest BCUT2D eigenvalue weighted by Crippen LogP contribution is 2.40. The molecule has 4 aromatic rings. The van der Waals surface area contributed by atoms with Gasteiger partial charge in [-0.1, -0.05) is 156 Å². The highest BCUT2D eigenvalue weighted by atomic mass is 28.4. The van der Waals surface area contributed by atoms with Gasteiger partial charge in [-0.25, -0.2) is 0 Å². The minimum Gasteiger partial charge on any atom is -0.424 e. The second-order valence-corrected chi connectivity index (χ2v) is 23.3. The summed E-state index contributed by atoms with van der Waals surface area (Å²) in [6, 6.07) is 40.6. The van der Waals surface area contributed by atoms with Crippen molar-refractivity contribution in [2.45, 2.75) is 75.8 Å². The van der Waals surface area contributed by atoms with Crippen LogP contribution in [0.3, 0.4) is 0 Å². The first-order valence-electron chi connectivity index (χ1n) is 18.0. The van der Waals surface area contributed by atoms with E-state index < -0.39 is 33.9 Å². The molecule has 0 saturated carbocycles. The monoisotopic (exact) mass is 730 g/mol. The molecule has 0 heterocycles. The van der Waals surface area contributed by atoms with Gasteiger partial charge in [0.2, 0.25) is 0 Å². The molecule has 0 aliphatic heterocycles. The van der Waals surface area contributed by atoms with Crippen molar-refractivity contribution < 1.29 is 33.6 Å². The lowest BCUT2D eigenvalue weighted by Gasteiger charge is -2.43. The fourth-order valence-corrected chi connectivity index (χ4v) is 15.3. The number of hydrogen-bond acceptors (Lipinski definition) is 7. The predicted octanol–water partition coefficient (Wildman–Crippen LogP) is 4.65. The van der Waals surface area contributed by atoms with Gasteiger partial charge in [-0.3, -0.25) is 0 Å². The normalized spacial score (nSPS) is 14.6. The number of rotatable bonds is 20. The molecule has 4 aromatic carbocycles. The molecule has 0 fully saturated rings. The van der Waals surface area contributed by atoms with Crippen LogP contribution in [-0.4, -0.2) is 90.1 Å². The third-order valence-electron chi connectivity index (χ3n) is 9.94. The van der Waals surface area contributed by atoms with Gasteiger partial charge in [0.05, 0.1) is 45.2 Å². The third kappa shape index (κ3) is 10.1. The zero-order valence-electron chi connectivity index (χ0n) is 31.2. The molecular weight excluding hydrogens is 673 g/mol. The summed E-state index contributed by atoms with van der Waals surface area (Å²) in [6.07, 6.45) is -0.799. The van der Waals surface area contributed by atoms with Crippen molar-refractivity contribution in [3.05, 3.63) is 121 Å². The number of benzene rings is 4. The summed E-state index contributed by atoms with van der Waals surface area (Å²) in [7, 11) is -4.33. The van der Waals surface area contributed by atoms with Crippen LogP contribution in [0.25, 0.3) is 0 Å². The van der Waals surface area contributed by atoms with Gasteiger partial charge in [0.25, 0.3) is 16.6 Å². The lowest BCUT2D eigenvalue weighted by atomic mass is 10.0. The fourth-order valence-electron chi connectivity index (χ4n) is 6.98. The van der Waals surface area contributed by atoms with E-state index in [9.17, 15) is 15.0 Å². The predicted molar refractivity (Wildman–Crippen MR) is 211 cm³/mol. The number of ether oxygens (including phenoxy) is 3. The summed E-state index contributed by atoms with van der Waals surface area (Å²) in [4.78, 5) is 12.4. The Kier molecular flexibility index (Phi) is 14.9. The van der Waals surface area contributed by atoms with E-state index in [4.69, 9.17) is 18.6 Å². The van der Waals surface area contributed by atoms with Gasteiger partial charge < -0.3 is 33.6 Å². The first kappa shape index (κ1) is 40.8. The number of hydrogen-bond donors (Lipinski definition) is 3. The Balaban J connectivity index is 1.26. The third-order valence-corrected chi connectivity index (χ3v) is 19.5. The Hall–Kier alpha value is -2.97. The van der Waals surface area contributed by atoms with Gasteiger partial charge in [0.1, 0.15) is 6.10 Å². The Morgan fingerprint density at radius 2 is 0.941 bits per heavy atom. The number of methoxy groups -OCH3 is 1. The lowest BCUT2D eigenvalue weighted by molar-refractivity contribution is -0.0716. The topological polar surface area (TPSA) is 97.6 Å². The average Bonchev–Trinajstić information content (AvgIpc) is 3.14. The van der Waals surface area contributed by atoms with Crippen LogP contribution >= 0.6 is 0 Å². The van der Waals surface area contributed by atoms with Crippen molar-refractivity contribution >= 4 is 37.4 Å². The van der Waals surface area contributed by atoms with Crippen molar-refractivity contribution in [1.82, 2.24) is 0 Å². The lowest BCUT2D eigenvalue weighted by Crippen LogP contribution is -2.67. The summed E-state index contributed by atoms with van der Waals surface area (Å²) in [5.41, 5.74) is 0. The van der Waals surface area contributed by atoms with Crippen molar-refractivity contribution in [1.29, 1.82) is 0 Å². The summed E-state index contributed by atoms with van der Waals surface area (Å²) < 4.78 is 24.2. The van der Waals surface area contributed by atoms with Crippen LogP contribution in [0, 0.1) is 0 Å². The zero-order chi connectivity index (χ0) is 37.0. The largest absolute Gasteiger partial charge is 0.424 e. The van der Waals surface area contributed by atoms with Gasteiger partial charge in [-0.2, -0.15) is 0 Å². The van der Waals surface area contributed by atoms with Gasteiger partial charge in [0, 0.05) is 7.11 Å². The van der Waals surface area contributed by atoms with E-state index in [2.05, 4.69) is 58.9 Å². The quantitative estimate of drug-likeness (QED) is 0.114. The Morgan fingerprint density at radius 3 is 1.33 bits per heavy atom. The summed E-state index contributed by atoms with van der Waals surface area (Å²) in [6.45, 7) is 11.6. The maximum absolute atomic E-state index is 12.4. The molecule has 0 aliphatic carbocycles. The molecule has 3 N–H and O–H groups in total. The van der Waals surface area contributed by atoms with Gasteiger partial charge in [0.15, 0.2) is 0 Å². The first-order chi connectivity index (χ1) is 24.3. The molecule has 0 aromatic heterocycles. The van der Waals surface area contributed by atoms with Crippen LogP contribution < -0.4 is 20.7 Å². The second-order valence-electron chi connectivity index (χ2n) is 15.1. The molecule has 3 atom stereocenters. The van der Waals surface area contributed by atoms with E-state index in [1.54, 1.807) is 7.11 Å². The van der Waals surface area contributed by atoms with Crippen LogP contribution in [0.15, 0.2) is 121 Å². The molecule has 276 valence electrons. The Morgan fingerprint density at radius 1 is 0.549 bits per heavy atom. The number of aliphatic hydroxyl groups excluding tert-OH is 2. The molecule has 0 saturated heterocycles. The highest BCUT2D eigenvalue weighted by molar-refractivity contribution is 6.99. The van der Waals surface area contributed by atoms with Crippen LogP contribution in [0.5, 0.6) is 0 Å². The second kappa shape index (κ2) is 18.7. The van der Waals surface area contributed by atoms with Crippen LogP contribution in [0.2, 0.25) is 10.1 Å². The van der Waals surface area contributed by atoms with Gasteiger partial charge >= 0.3 is 0 Å². The molecule has 51 heavy (non-hydrogen) atoms. The molecule has 9 heteroatoms. The maximum Gasteiger partial charge on any atom is 0.261 e.